The van der Waals surface area contributed by atoms with Gasteiger partial charge in [0.05, 0.1) is 17.6 Å². The summed E-state index contributed by atoms with van der Waals surface area (Å²) in [6.07, 6.45) is 0.240. The zero-order valence-corrected chi connectivity index (χ0v) is 18.6. The van der Waals surface area contributed by atoms with Crippen LogP contribution in [0.15, 0.2) is 77.6 Å². The van der Waals surface area contributed by atoms with Gasteiger partial charge in [-0.05, 0) is 55.3 Å². The Balaban J connectivity index is 1.42. The normalized spacial score (nSPS) is 12.2. The second kappa shape index (κ2) is 10.3. The number of fused-ring (bicyclic) bond motifs is 2. The maximum Gasteiger partial charge on any atom is 0.333 e. The van der Waals surface area contributed by atoms with E-state index in [1.54, 1.807) is 6.92 Å². The number of aryl methyl sites for hydroxylation is 1. The maximum atomic E-state index is 12.8. The van der Waals surface area contributed by atoms with E-state index in [0.29, 0.717) is 26.2 Å². The average Bonchev–Trinajstić information content (AvgIpc) is 2.84. The van der Waals surface area contributed by atoms with Gasteiger partial charge >= 0.3 is 5.97 Å². The van der Waals surface area contributed by atoms with Crippen LogP contribution in [0.2, 0.25) is 0 Å². The van der Waals surface area contributed by atoms with Crippen molar-refractivity contribution in [1.82, 2.24) is 4.57 Å². The lowest BCUT2D eigenvalue weighted by atomic mass is 10.1. The first-order valence-corrected chi connectivity index (χ1v) is 11.1. The van der Waals surface area contributed by atoms with E-state index in [1.807, 2.05) is 72.8 Å². The molecule has 4 aromatic rings. The van der Waals surface area contributed by atoms with Gasteiger partial charge in [0.2, 0.25) is 0 Å². The quantitative estimate of drug-likeness (QED) is 0.284. The lowest BCUT2D eigenvalue weighted by Gasteiger charge is -2.15. The molecule has 0 aliphatic rings. The summed E-state index contributed by atoms with van der Waals surface area (Å²) in [6.45, 7) is 3.38. The molecule has 0 aliphatic heterocycles. The van der Waals surface area contributed by atoms with Crippen LogP contribution in [-0.2, 0) is 22.5 Å². The molecule has 170 valence electrons. The summed E-state index contributed by atoms with van der Waals surface area (Å²) >= 11 is 0. The van der Waals surface area contributed by atoms with Crippen LogP contribution in [0.3, 0.4) is 0 Å². The number of rotatable bonds is 10. The number of nitrogens with zero attached hydrogens (tertiary/aromatic N) is 1. The van der Waals surface area contributed by atoms with Gasteiger partial charge in [0, 0.05) is 30.3 Å². The van der Waals surface area contributed by atoms with E-state index in [2.05, 4.69) is 4.57 Å². The molecular weight excluding hydrogens is 418 g/mol. The highest BCUT2D eigenvalue weighted by atomic mass is 16.5. The lowest BCUT2D eigenvalue weighted by Crippen LogP contribution is -2.26. The summed E-state index contributed by atoms with van der Waals surface area (Å²) in [4.78, 5) is 24.1. The number of benzene rings is 3. The highest BCUT2D eigenvalue weighted by Gasteiger charge is 2.17. The fraction of sp³-hybridized carbons (Fsp3) is 0.259. The number of hydrogen-bond donors (Lipinski definition) is 1. The van der Waals surface area contributed by atoms with Gasteiger partial charge in [-0.1, -0.05) is 36.4 Å². The summed E-state index contributed by atoms with van der Waals surface area (Å²) < 4.78 is 13.4. The van der Waals surface area contributed by atoms with Crippen molar-refractivity contribution in [2.75, 3.05) is 13.2 Å². The molecule has 1 heterocycles. The van der Waals surface area contributed by atoms with E-state index in [9.17, 15) is 14.7 Å². The topological polar surface area (TPSA) is 77.8 Å². The van der Waals surface area contributed by atoms with Gasteiger partial charge in [0.1, 0.15) is 5.75 Å². The Labute approximate surface area is 192 Å². The number of carboxylic acids is 1. The van der Waals surface area contributed by atoms with Gasteiger partial charge in [-0.2, -0.15) is 0 Å². The molecule has 33 heavy (non-hydrogen) atoms. The fourth-order valence-corrected chi connectivity index (χ4v) is 4.09. The first-order valence-electron chi connectivity index (χ1n) is 11.1. The number of hydrogen-bond acceptors (Lipinski definition) is 4. The van der Waals surface area contributed by atoms with Crippen molar-refractivity contribution in [1.29, 1.82) is 0 Å². The molecule has 0 aliphatic carbocycles. The zero-order chi connectivity index (χ0) is 23.2. The zero-order valence-electron chi connectivity index (χ0n) is 18.6. The molecule has 1 atom stereocenters. The molecule has 4 rings (SSSR count). The van der Waals surface area contributed by atoms with Crippen molar-refractivity contribution in [3.05, 3.63) is 88.6 Å². The number of aromatic nitrogens is 1. The molecule has 6 heteroatoms. The minimum absolute atomic E-state index is 0.0586. The van der Waals surface area contributed by atoms with Crippen LogP contribution in [0.5, 0.6) is 5.75 Å². The molecule has 0 saturated heterocycles. The van der Waals surface area contributed by atoms with E-state index in [1.165, 1.54) is 0 Å². The summed E-state index contributed by atoms with van der Waals surface area (Å²) in [7, 11) is 0. The van der Waals surface area contributed by atoms with Crippen LogP contribution in [-0.4, -0.2) is 35.0 Å². The average molecular weight is 446 g/mol. The van der Waals surface area contributed by atoms with Crippen LogP contribution in [0.25, 0.3) is 21.8 Å². The van der Waals surface area contributed by atoms with Crippen LogP contribution in [0, 0.1) is 0 Å². The molecule has 0 fully saturated rings. The van der Waals surface area contributed by atoms with Gasteiger partial charge < -0.3 is 19.1 Å². The molecule has 1 aromatic heterocycles. The summed E-state index contributed by atoms with van der Waals surface area (Å²) in [5, 5.41) is 10.7. The van der Waals surface area contributed by atoms with Crippen LogP contribution >= 0.6 is 0 Å². The minimum atomic E-state index is -0.959. The third kappa shape index (κ3) is 5.07. The van der Waals surface area contributed by atoms with Gasteiger partial charge in [0.15, 0.2) is 11.5 Å². The molecular formula is C27H27NO5. The molecule has 6 nitrogen and oxygen atoms in total. The van der Waals surface area contributed by atoms with E-state index in [4.69, 9.17) is 9.47 Å². The Morgan fingerprint density at radius 1 is 0.939 bits per heavy atom. The van der Waals surface area contributed by atoms with Crippen LogP contribution < -0.4 is 10.2 Å². The van der Waals surface area contributed by atoms with Crippen molar-refractivity contribution in [2.45, 2.75) is 32.4 Å². The molecule has 0 spiro atoms. The van der Waals surface area contributed by atoms with Gasteiger partial charge in [0.25, 0.3) is 0 Å². The predicted molar refractivity (Wildman–Crippen MR) is 129 cm³/mol. The molecule has 1 N–H and O–H groups in total. The SMILES string of the molecule is CCOC(Cc1ccc(OCCCn2c3ccccc3c(=O)c3ccccc32)cc1)C(=O)O. The lowest BCUT2D eigenvalue weighted by molar-refractivity contribution is -0.149. The minimum Gasteiger partial charge on any atom is -0.494 e. The van der Waals surface area contributed by atoms with Gasteiger partial charge in [-0.25, -0.2) is 4.79 Å². The third-order valence-corrected chi connectivity index (χ3v) is 5.66. The molecule has 0 radical (unpaired) electrons. The molecule has 0 amide bonds. The number of aliphatic carboxylic acids is 1. The first-order chi connectivity index (χ1) is 16.1. The fourth-order valence-electron chi connectivity index (χ4n) is 4.09. The first kappa shape index (κ1) is 22.6. The Morgan fingerprint density at radius 3 is 2.12 bits per heavy atom. The summed E-state index contributed by atoms with van der Waals surface area (Å²) in [6, 6.07) is 22.8. The Hall–Kier alpha value is -3.64. The van der Waals surface area contributed by atoms with Crippen molar-refractivity contribution < 1.29 is 19.4 Å². The Bertz CT molecular complexity index is 1250. The van der Waals surface area contributed by atoms with Crippen molar-refractivity contribution >= 4 is 27.8 Å². The highest BCUT2D eigenvalue weighted by Crippen LogP contribution is 2.20. The summed E-state index contributed by atoms with van der Waals surface area (Å²) in [5.74, 6) is -0.226. The van der Waals surface area contributed by atoms with Crippen molar-refractivity contribution in [3.8, 4) is 5.75 Å². The number of carboxylic acid groups (broad SMARTS) is 1. The largest absolute Gasteiger partial charge is 0.494 e. The molecule has 3 aromatic carbocycles. The third-order valence-electron chi connectivity index (χ3n) is 5.66. The second-order valence-electron chi connectivity index (χ2n) is 7.85. The number of pyridine rings is 1. The summed E-state index contributed by atoms with van der Waals surface area (Å²) in [5.41, 5.74) is 2.79. The number of ether oxygens (including phenoxy) is 2. The smallest absolute Gasteiger partial charge is 0.333 e. The molecule has 1 unspecified atom stereocenters. The van der Waals surface area contributed by atoms with E-state index >= 15 is 0 Å². The van der Waals surface area contributed by atoms with Crippen LogP contribution in [0.1, 0.15) is 18.9 Å². The Morgan fingerprint density at radius 2 is 1.55 bits per heavy atom. The standard InChI is InChI=1S/C27H27NO5/c1-2-32-25(27(30)31)18-19-12-14-20(15-13-19)33-17-7-16-28-23-10-5-3-8-21(23)26(29)22-9-4-6-11-24(22)28/h3-6,8-15,25H,2,7,16-18H2,1H3,(H,30,31). The monoisotopic (exact) mass is 445 g/mol. The second-order valence-corrected chi connectivity index (χ2v) is 7.85. The number of carbonyl (C=O) groups is 1. The van der Waals surface area contributed by atoms with Crippen LogP contribution in [0.4, 0.5) is 0 Å². The van der Waals surface area contributed by atoms with E-state index < -0.39 is 12.1 Å². The maximum absolute atomic E-state index is 12.8. The van der Waals surface area contributed by atoms with Gasteiger partial charge in [-0.15, -0.1) is 0 Å². The van der Waals surface area contributed by atoms with Crippen molar-refractivity contribution in [2.24, 2.45) is 0 Å². The Kier molecular flexibility index (Phi) is 7.05. The highest BCUT2D eigenvalue weighted by molar-refractivity contribution is 5.93. The van der Waals surface area contributed by atoms with E-state index in [0.717, 1.165) is 39.5 Å². The van der Waals surface area contributed by atoms with Gasteiger partial charge in [-0.3, -0.25) is 4.79 Å². The molecule has 0 saturated carbocycles. The molecule has 0 bridgehead atoms. The van der Waals surface area contributed by atoms with E-state index in [-0.39, 0.29) is 5.43 Å². The van der Waals surface area contributed by atoms with Crippen molar-refractivity contribution in [3.63, 3.8) is 0 Å². The predicted octanol–water partition coefficient (Wildman–Crippen LogP) is 4.66. The number of para-hydroxylation sites is 2.